The molecule has 2 saturated carbocycles. The fraction of sp³-hybridized carbons (Fsp3) is 0.875. The number of amides is 1. The first-order chi connectivity index (χ1) is 9.60. The number of carboxylic acid groups (broad SMARTS) is 1. The number of hydrogen-bond donors (Lipinski definition) is 2. The summed E-state index contributed by atoms with van der Waals surface area (Å²) in [6.45, 7) is 1.92. The van der Waals surface area contributed by atoms with Crippen molar-refractivity contribution in [1.29, 1.82) is 0 Å². The van der Waals surface area contributed by atoms with Crippen LogP contribution in [0.3, 0.4) is 0 Å². The normalized spacial score (nSPS) is 31.1. The lowest BCUT2D eigenvalue weighted by Crippen LogP contribution is -2.42. The molecule has 1 amide bonds. The maximum atomic E-state index is 12.3. The first kappa shape index (κ1) is 15.3. The molecule has 4 atom stereocenters. The number of fused-ring (bicyclic) bond motifs is 1. The molecular weight excluding hydrogens is 254 g/mol. The summed E-state index contributed by atoms with van der Waals surface area (Å²) in [6.07, 6.45) is 9.17. The Bertz CT molecular complexity index is 356. The quantitative estimate of drug-likeness (QED) is 0.814. The van der Waals surface area contributed by atoms with E-state index in [9.17, 15) is 9.59 Å². The summed E-state index contributed by atoms with van der Waals surface area (Å²) in [6, 6.07) is -0.218. The number of carbonyl (C=O) groups excluding carboxylic acids is 1. The van der Waals surface area contributed by atoms with Gasteiger partial charge in [-0.3, -0.25) is 9.59 Å². The van der Waals surface area contributed by atoms with E-state index in [1.54, 1.807) is 0 Å². The van der Waals surface area contributed by atoms with Gasteiger partial charge in [0.15, 0.2) is 0 Å². The maximum Gasteiger partial charge on any atom is 0.305 e. The average Bonchev–Trinajstić information content (AvgIpc) is 2.45. The van der Waals surface area contributed by atoms with Crippen LogP contribution in [0.2, 0.25) is 0 Å². The highest BCUT2D eigenvalue weighted by Crippen LogP contribution is 2.42. The van der Waals surface area contributed by atoms with Crippen LogP contribution in [0.4, 0.5) is 0 Å². The molecule has 2 fully saturated rings. The third-order valence-electron chi connectivity index (χ3n) is 5.17. The van der Waals surface area contributed by atoms with Crippen molar-refractivity contribution in [1.82, 2.24) is 5.32 Å². The molecule has 0 aromatic heterocycles. The number of nitrogens with one attached hydrogen (secondary N) is 1. The van der Waals surface area contributed by atoms with Gasteiger partial charge in [-0.05, 0) is 37.5 Å². The van der Waals surface area contributed by atoms with Gasteiger partial charge in [-0.2, -0.15) is 0 Å². The molecule has 0 saturated heterocycles. The van der Waals surface area contributed by atoms with Gasteiger partial charge in [-0.1, -0.05) is 32.6 Å². The molecule has 20 heavy (non-hydrogen) atoms. The highest BCUT2D eigenvalue weighted by Gasteiger charge is 2.35. The molecule has 0 aromatic carbocycles. The molecule has 4 heteroatoms. The van der Waals surface area contributed by atoms with Crippen molar-refractivity contribution < 1.29 is 14.7 Å². The van der Waals surface area contributed by atoms with E-state index in [0.29, 0.717) is 6.42 Å². The molecule has 0 spiro atoms. The fourth-order valence-electron chi connectivity index (χ4n) is 3.94. The molecular formula is C16H27NO3. The number of hydrogen-bond acceptors (Lipinski definition) is 2. The molecule has 0 radical (unpaired) electrons. The van der Waals surface area contributed by atoms with Crippen molar-refractivity contribution in [3.63, 3.8) is 0 Å². The van der Waals surface area contributed by atoms with Crippen LogP contribution in [0.15, 0.2) is 0 Å². The zero-order valence-corrected chi connectivity index (χ0v) is 12.4. The molecule has 0 bridgehead atoms. The monoisotopic (exact) mass is 281 g/mol. The Morgan fingerprint density at radius 3 is 2.50 bits per heavy atom. The van der Waals surface area contributed by atoms with Crippen LogP contribution in [0.1, 0.15) is 64.7 Å². The summed E-state index contributed by atoms with van der Waals surface area (Å²) < 4.78 is 0. The Morgan fingerprint density at radius 1 is 1.15 bits per heavy atom. The molecule has 4 unspecified atom stereocenters. The van der Waals surface area contributed by atoms with Crippen molar-refractivity contribution in [2.75, 3.05) is 0 Å². The smallest absolute Gasteiger partial charge is 0.305 e. The second kappa shape index (κ2) is 7.09. The SMILES string of the molecule is CCC(CC(=O)O)NC(=O)C1CCC2CCCCC2C1. The fourth-order valence-corrected chi connectivity index (χ4v) is 3.94. The molecule has 4 nitrogen and oxygen atoms in total. The minimum absolute atomic E-state index is 0.0288. The lowest BCUT2D eigenvalue weighted by atomic mass is 9.67. The first-order valence-corrected chi connectivity index (χ1v) is 8.12. The van der Waals surface area contributed by atoms with E-state index < -0.39 is 5.97 Å². The van der Waals surface area contributed by atoms with E-state index in [-0.39, 0.29) is 24.3 Å². The van der Waals surface area contributed by atoms with Gasteiger partial charge in [0.1, 0.15) is 0 Å². The summed E-state index contributed by atoms with van der Waals surface area (Å²) in [4.78, 5) is 23.1. The van der Waals surface area contributed by atoms with E-state index >= 15 is 0 Å². The Balaban J connectivity index is 1.84. The summed E-state index contributed by atoms with van der Waals surface area (Å²) in [5, 5.41) is 11.8. The third-order valence-corrected chi connectivity index (χ3v) is 5.17. The number of carboxylic acids is 1. The topological polar surface area (TPSA) is 66.4 Å². The third kappa shape index (κ3) is 3.97. The first-order valence-electron chi connectivity index (χ1n) is 8.12. The zero-order valence-electron chi connectivity index (χ0n) is 12.4. The predicted molar refractivity (Wildman–Crippen MR) is 77.3 cm³/mol. The van der Waals surface area contributed by atoms with Gasteiger partial charge in [-0.25, -0.2) is 0 Å². The predicted octanol–water partition coefficient (Wildman–Crippen LogP) is 2.96. The van der Waals surface area contributed by atoms with Gasteiger partial charge < -0.3 is 10.4 Å². The van der Waals surface area contributed by atoms with E-state index in [1.807, 2.05) is 6.92 Å². The van der Waals surface area contributed by atoms with Crippen molar-refractivity contribution >= 4 is 11.9 Å². The van der Waals surface area contributed by atoms with Gasteiger partial charge in [0.05, 0.1) is 6.42 Å². The second-order valence-electron chi connectivity index (χ2n) is 6.53. The van der Waals surface area contributed by atoms with E-state index in [2.05, 4.69) is 5.32 Å². The van der Waals surface area contributed by atoms with Crippen LogP contribution in [0.5, 0.6) is 0 Å². The molecule has 2 N–H and O–H groups in total. The minimum atomic E-state index is -0.840. The maximum absolute atomic E-state index is 12.3. The Hall–Kier alpha value is -1.06. The van der Waals surface area contributed by atoms with Crippen LogP contribution >= 0.6 is 0 Å². The van der Waals surface area contributed by atoms with Crippen molar-refractivity contribution in [3.05, 3.63) is 0 Å². The number of rotatable bonds is 5. The van der Waals surface area contributed by atoms with Crippen LogP contribution < -0.4 is 5.32 Å². The van der Waals surface area contributed by atoms with Crippen LogP contribution in [-0.2, 0) is 9.59 Å². The highest BCUT2D eigenvalue weighted by molar-refractivity contribution is 5.79. The molecule has 2 rings (SSSR count). The molecule has 2 aliphatic carbocycles. The lowest BCUT2D eigenvalue weighted by molar-refractivity contribution is -0.138. The van der Waals surface area contributed by atoms with E-state index in [0.717, 1.165) is 24.7 Å². The Morgan fingerprint density at radius 2 is 1.85 bits per heavy atom. The second-order valence-corrected chi connectivity index (χ2v) is 6.53. The van der Waals surface area contributed by atoms with Crippen LogP contribution in [0, 0.1) is 17.8 Å². The largest absolute Gasteiger partial charge is 0.481 e. The van der Waals surface area contributed by atoms with E-state index in [1.165, 1.54) is 32.1 Å². The highest BCUT2D eigenvalue weighted by atomic mass is 16.4. The lowest BCUT2D eigenvalue weighted by Gasteiger charge is -2.39. The number of aliphatic carboxylic acids is 1. The van der Waals surface area contributed by atoms with Gasteiger partial charge >= 0.3 is 5.97 Å². The minimum Gasteiger partial charge on any atom is -0.481 e. The number of carbonyl (C=O) groups is 2. The van der Waals surface area contributed by atoms with Crippen molar-refractivity contribution in [3.8, 4) is 0 Å². The van der Waals surface area contributed by atoms with Gasteiger partial charge in [0.25, 0.3) is 0 Å². The summed E-state index contributed by atoms with van der Waals surface area (Å²) in [5.74, 6) is 0.925. The molecule has 0 aromatic rings. The molecule has 2 aliphatic rings. The van der Waals surface area contributed by atoms with Gasteiger partial charge in [-0.15, -0.1) is 0 Å². The summed E-state index contributed by atoms with van der Waals surface area (Å²) in [5.41, 5.74) is 0. The zero-order chi connectivity index (χ0) is 14.5. The summed E-state index contributed by atoms with van der Waals surface area (Å²) >= 11 is 0. The van der Waals surface area contributed by atoms with E-state index in [4.69, 9.17) is 5.11 Å². The van der Waals surface area contributed by atoms with Crippen molar-refractivity contribution in [2.45, 2.75) is 70.8 Å². The Kier molecular flexibility index (Phi) is 5.44. The van der Waals surface area contributed by atoms with Crippen LogP contribution in [-0.4, -0.2) is 23.0 Å². The molecule has 114 valence electrons. The molecule has 0 aliphatic heterocycles. The van der Waals surface area contributed by atoms with Gasteiger partial charge in [0, 0.05) is 12.0 Å². The summed E-state index contributed by atoms with van der Waals surface area (Å²) in [7, 11) is 0. The van der Waals surface area contributed by atoms with Crippen LogP contribution in [0.25, 0.3) is 0 Å². The van der Waals surface area contributed by atoms with Crippen molar-refractivity contribution in [2.24, 2.45) is 17.8 Å². The standard InChI is InChI=1S/C16H27NO3/c1-2-14(10-15(18)19)17-16(20)13-8-7-11-5-3-4-6-12(11)9-13/h11-14H,2-10H2,1H3,(H,17,20)(H,18,19). The Labute approximate surface area is 121 Å². The van der Waals surface area contributed by atoms with Gasteiger partial charge in [0.2, 0.25) is 5.91 Å². The molecule has 0 heterocycles. The average molecular weight is 281 g/mol.